The van der Waals surface area contributed by atoms with Gasteiger partial charge in [-0.25, -0.2) is 0 Å². The number of hydrogen-bond donors (Lipinski definition) is 1. The predicted octanol–water partition coefficient (Wildman–Crippen LogP) is 4.85. The minimum atomic E-state index is 0.345. The fourth-order valence-corrected chi connectivity index (χ4v) is 7.46. The summed E-state index contributed by atoms with van der Waals surface area (Å²) in [6, 6.07) is 0.542. The predicted molar refractivity (Wildman–Crippen MR) is 124 cm³/mol. The highest BCUT2D eigenvalue weighted by molar-refractivity contribution is 6.61. The van der Waals surface area contributed by atoms with Crippen LogP contribution in [0, 0.1) is 35.5 Å². The fourth-order valence-electron chi connectivity index (χ4n) is 7.46. The molecule has 0 aromatic rings. The lowest BCUT2D eigenvalue weighted by molar-refractivity contribution is -0.133. The van der Waals surface area contributed by atoms with Crippen molar-refractivity contribution in [1.29, 1.82) is 0 Å². The zero-order valence-electron chi connectivity index (χ0n) is 19.4. The Morgan fingerprint density at radius 3 is 2.66 bits per heavy atom. The van der Waals surface area contributed by atoms with Crippen LogP contribution < -0.4 is 5.32 Å². The van der Waals surface area contributed by atoms with Crippen molar-refractivity contribution in [1.82, 2.24) is 10.2 Å². The van der Waals surface area contributed by atoms with Crippen LogP contribution in [0.15, 0.2) is 0 Å². The van der Waals surface area contributed by atoms with E-state index in [-0.39, 0.29) is 0 Å². The normalized spacial score (nSPS) is 39.7. The molecular formula is C25H45BN2O. The standard InChI is InChI=1S/C25H45BN2O/c1-18-8-9-20(22(16-27-3)15-26-11-5-12-26)14-21(18)17-28-13-10-24(29)23-7-4-6-19(2)25(23)28/h18-23,25,27H,4-17H2,1-3H3. The maximum absolute atomic E-state index is 12.6. The van der Waals surface area contributed by atoms with Crippen molar-refractivity contribution in [2.75, 3.05) is 26.7 Å². The molecule has 4 rings (SSSR count). The number of Topliss-reactive ketones (excluding diaryl/α,β-unsaturated/α-hetero) is 1. The highest BCUT2D eigenvalue weighted by atomic mass is 16.1. The van der Waals surface area contributed by atoms with E-state index in [0.717, 1.165) is 49.8 Å². The quantitative estimate of drug-likeness (QED) is 0.620. The van der Waals surface area contributed by atoms with Crippen molar-refractivity contribution < 1.29 is 4.79 Å². The number of ketones is 1. The van der Waals surface area contributed by atoms with Gasteiger partial charge >= 0.3 is 0 Å². The smallest absolute Gasteiger partial charge is 0.140 e. The molecule has 4 fully saturated rings. The Balaban J connectivity index is 1.40. The zero-order chi connectivity index (χ0) is 20.4. The first kappa shape index (κ1) is 21.9. The van der Waals surface area contributed by atoms with Crippen LogP contribution in [-0.2, 0) is 4.79 Å². The van der Waals surface area contributed by atoms with Gasteiger partial charge in [-0.3, -0.25) is 9.69 Å². The van der Waals surface area contributed by atoms with E-state index in [0.29, 0.717) is 23.7 Å². The summed E-state index contributed by atoms with van der Waals surface area (Å²) in [5.74, 6) is 5.08. The van der Waals surface area contributed by atoms with E-state index in [1.807, 2.05) is 0 Å². The van der Waals surface area contributed by atoms with Gasteiger partial charge in [-0.15, -0.1) is 0 Å². The van der Waals surface area contributed by atoms with Crippen LogP contribution in [0.2, 0.25) is 19.0 Å². The van der Waals surface area contributed by atoms with Gasteiger partial charge in [0.25, 0.3) is 0 Å². The second-order valence-electron chi connectivity index (χ2n) is 11.4. The molecule has 0 bridgehead atoms. The van der Waals surface area contributed by atoms with Crippen LogP contribution >= 0.6 is 0 Å². The maximum Gasteiger partial charge on any atom is 0.140 e. The largest absolute Gasteiger partial charge is 0.319 e. The van der Waals surface area contributed by atoms with Gasteiger partial charge in [0.05, 0.1) is 0 Å². The number of nitrogens with zero attached hydrogens (tertiary/aromatic N) is 1. The van der Waals surface area contributed by atoms with Crippen LogP contribution in [0.1, 0.15) is 65.2 Å². The molecule has 2 saturated carbocycles. The van der Waals surface area contributed by atoms with Gasteiger partial charge in [-0.2, -0.15) is 0 Å². The third kappa shape index (κ3) is 4.95. The van der Waals surface area contributed by atoms with Gasteiger partial charge in [0, 0.05) is 31.5 Å². The molecule has 7 atom stereocenters. The number of rotatable bonds is 7. The molecule has 4 heteroatoms. The number of carbonyl (C=O) groups excluding carboxylic acids is 1. The SMILES string of the molecule is CNCC(CB1CCC1)C1CCC(C)C(CN2CCC(=O)C3CCCC(C)C32)C1. The molecule has 2 aliphatic carbocycles. The third-order valence-corrected chi connectivity index (χ3v) is 9.52. The van der Waals surface area contributed by atoms with Crippen molar-refractivity contribution >= 4 is 12.5 Å². The summed E-state index contributed by atoms with van der Waals surface area (Å²) in [7, 11) is 2.14. The molecule has 3 nitrogen and oxygen atoms in total. The lowest BCUT2D eigenvalue weighted by Gasteiger charge is -2.49. The monoisotopic (exact) mass is 400 g/mol. The number of fused-ring (bicyclic) bond motifs is 1. The maximum atomic E-state index is 12.6. The molecule has 4 aliphatic rings. The van der Waals surface area contributed by atoms with Crippen molar-refractivity contribution in [3.8, 4) is 0 Å². The lowest BCUT2D eigenvalue weighted by atomic mass is 9.32. The second-order valence-corrected chi connectivity index (χ2v) is 11.4. The number of likely N-dealkylation sites (tertiary alicyclic amines) is 1. The van der Waals surface area contributed by atoms with Crippen LogP contribution in [0.5, 0.6) is 0 Å². The molecule has 0 aromatic heterocycles. The van der Waals surface area contributed by atoms with Gasteiger partial charge in [0.2, 0.25) is 0 Å². The average Bonchev–Trinajstić information content (AvgIpc) is 2.68. The molecule has 7 unspecified atom stereocenters. The topological polar surface area (TPSA) is 32.3 Å². The third-order valence-electron chi connectivity index (χ3n) is 9.52. The summed E-state index contributed by atoms with van der Waals surface area (Å²) in [5.41, 5.74) is 0. The molecule has 0 radical (unpaired) electrons. The molecule has 2 heterocycles. The van der Waals surface area contributed by atoms with Gasteiger partial charge in [-0.05, 0) is 68.9 Å². The Kier molecular flexibility index (Phi) is 7.43. The van der Waals surface area contributed by atoms with Gasteiger partial charge in [0.15, 0.2) is 0 Å². The summed E-state index contributed by atoms with van der Waals surface area (Å²) in [6.07, 6.45) is 14.7. The summed E-state index contributed by atoms with van der Waals surface area (Å²) in [6.45, 7) is 9.44. The van der Waals surface area contributed by atoms with E-state index in [4.69, 9.17) is 0 Å². The summed E-state index contributed by atoms with van der Waals surface area (Å²) in [5, 5.41) is 3.53. The Hall–Kier alpha value is -0.345. The molecule has 29 heavy (non-hydrogen) atoms. The molecule has 0 aromatic carbocycles. The van der Waals surface area contributed by atoms with Gasteiger partial charge in [0.1, 0.15) is 12.5 Å². The zero-order valence-corrected chi connectivity index (χ0v) is 19.4. The Morgan fingerprint density at radius 1 is 1.10 bits per heavy atom. The Bertz CT molecular complexity index is 551. The van der Waals surface area contributed by atoms with E-state index < -0.39 is 0 Å². The fraction of sp³-hybridized carbons (Fsp3) is 0.960. The Morgan fingerprint density at radius 2 is 1.93 bits per heavy atom. The summed E-state index contributed by atoms with van der Waals surface area (Å²) >= 11 is 0. The van der Waals surface area contributed by atoms with Crippen molar-refractivity contribution in [3.05, 3.63) is 0 Å². The van der Waals surface area contributed by atoms with Crippen molar-refractivity contribution in [3.63, 3.8) is 0 Å². The van der Waals surface area contributed by atoms with Crippen molar-refractivity contribution in [2.45, 2.75) is 90.2 Å². The van der Waals surface area contributed by atoms with E-state index in [1.165, 1.54) is 70.6 Å². The molecule has 2 saturated heterocycles. The van der Waals surface area contributed by atoms with E-state index >= 15 is 0 Å². The Labute approximate surface area is 180 Å². The van der Waals surface area contributed by atoms with Gasteiger partial charge < -0.3 is 5.32 Å². The number of piperidine rings is 1. The van der Waals surface area contributed by atoms with Crippen molar-refractivity contribution in [2.24, 2.45) is 35.5 Å². The molecule has 0 spiro atoms. The van der Waals surface area contributed by atoms with E-state index in [9.17, 15) is 4.79 Å². The van der Waals surface area contributed by atoms with Crippen LogP contribution in [0.4, 0.5) is 0 Å². The first-order valence-corrected chi connectivity index (χ1v) is 13.0. The average molecular weight is 400 g/mol. The minimum Gasteiger partial charge on any atom is -0.319 e. The summed E-state index contributed by atoms with van der Waals surface area (Å²) < 4.78 is 0. The number of nitrogens with one attached hydrogen (secondary N) is 1. The molecular weight excluding hydrogens is 355 g/mol. The molecule has 2 aliphatic heterocycles. The van der Waals surface area contributed by atoms with Crippen LogP contribution in [0.3, 0.4) is 0 Å². The molecule has 164 valence electrons. The number of hydrogen-bond acceptors (Lipinski definition) is 3. The first-order valence-electron chi connectivity index (χ1n) is 13.0. The second kappa shape index (κ2) is 9.85. The van der Waals surface area contributed by atoms with Gasteiger partial charge in [-0.1, -0.05) is 52.1 Å². The first-order chi connectivity index (χ1) is 14.1. The highest BCUT2D eigenvalue weighted by Crippen LogP contribution is 2.43. The number of carbonyl (C=O) groups is 1. The van der Waals surface area contributed by atoms with E-state index in [1.54, 1.807) is 0 Å². The lowest BCUT2D eigenvalue weighted by Crippen LogP contribution is -2.56. The summed E-state index contributed by atoms with van der Waals surface area (Å²) in [4.78, 5) is 15.4. The van der Waals surface area contributed by atoms with Crippen LogP contribution in [0.25, 0.3) is 0 Å². The van der Waals surface area contributed by atoms with E-state index in [2.05, 4.69) is 31.1 Å². The molecule has 1 N–H and O–H groups in total. The molecule has 0 amide bonds. The highest BCUT2D eigenvalue weighted by Gasteiger charge is 2.43. The van der Waals surface area contributed by atoms with Crippen LogP contribution in [-0.4, -0.2) is 50.1 Å². The minimum absolute atomic E-state index is 0.345.